The molecule has 0 aliphatic heterocycles. The van der Waals surface area contributed by atoms with Gasteiger partial charge < -0.3 is 5.32 Å². The maximum atomic E-state index is 3.81. The molecule has 2 unspecified atom stereocenters. The molecule has 0 aliphatic rings. The predicted octanol–water partition coefficient (Wildman–Crippen LogP) is 5.06. The molecule has 21 heavy (non-hydrogen) atoms. The van der Waals surface area contributed by atoms with Crippen molar-refractivity contribution >= 4 is 0 Å². The normalized spacial score (nSPS) is 13.9. The molecule has 1 nitrogen and oxygen atoms in total. The topological polar surface area (TPSA) is 12.0 Å². The van der Waals surface area contributed by atoms with Gasteiger partial charge in [0.15, 0.2) is 0 Å². The third-order valence-corrected chi connectivity index (χ3v) is 4.05. The Morgan fingerprint density at radius 2 is 1.62 bits per heavy atom. The molecular weight excluding hydrogens is 254 g/mol. The standard InChI is InChI=1S/C20H27N/c1-4-10-20(18-12-6-5-7-13-18)21-17(3)15-19-14-9-8-11-16(19)2/h5-9,11-14,17,20-21H,4,10,15H2,1-3H3. The van der Waals surface area contributed by atoms with Crippen molar-refractivity contribution in [2.24, 2.45) is 0 Å². The van der Waals surface area contributed by atoms with E-state index in [9.17, 15) is 0 Å². The van der Waals surface area contributed by atoms with Gasteiger partial charge in [0, 0.05) is 12.1 Å². The molecule has 0 aromatic heterocycles. The summed E-state index contributed by atoms with van der Waals surface area (Å²) in [6.07, 6.45) is 3.46. The summed E-state index contributed by atoms with van der Waals surface area (Å²) in [5.74, 6) is 0. The van der Waals surface area contributed by atoms with Crippen LogP contribution in [0.2, 0.25) is 0 Å². The Bertz CT molecular complexity index is 533. The van der Waals surface area contributed by atoms with E-state index in [-0.39, 0.29) is 0 Å². The van der Waals surface area contributed by atoms with Crippen molar-refractivity contribution in [3.05, 3.63) is 71.3 Å². The van der Waals surface area contributed by atoms with Gasteiger partial charge in [0.25, 0.3) is 0 Å². The highest BCUT2D eigenvalue weighted by Crippen LogP contribution is 2.20. The number of hydrogen-bond donors (Lipinski definition) is 1. The highest BCUT2D eigenvalue weighted by Gasteiger charge is 2.14. The molecule has 1 heteroatoms. The van der Waals surface area contributed by atoms with Crippen molar-refractivity contribution < 1.29 is 0 Å². The molecule has 0 aliphatic carbocycles. The highest BCUT2D eigenvalue weighted by molar-refractivity contribution is 5.26. The number of rotatable bonds is 7. The Kier molecular flexibility index (Phi) is 6.01. The summed E-state index contributed by atoms with van der Waals surface area (Å²) in [5, 5.41) is 3.81. The molecule has 2 rings (SSSR count). The minimum atomic E-state index is 0.454. The maximum absolute atomic E-state index is 3.81. The highest BCUT2D eigenvalue weighted by atomic mass is 14.9. The fourth-order valence-corrected chi connectivity index (χ4v) is 2.89. The average molecular weight is 281 g/mol. The lowest BCUT2D eigenvalue weighted by Gasteiger charge is -2.24. The maximum Gasteiger partial charge on any atom is 0.0322 e. The molecule has 0 radical (unpaired) electrons. The smallest absolute Gasteiger partial charge is 0.0322 e. The zero-order chi connectivity index (χ0) is 15.1. The van der Waals surface area contributed by atoms with Gasteiger partial charge in [0.05, 0.1) is 0 Å². The molecule has 0 saturated heterocycles. The molecule has 0 spiro atoms. The molecule has 1 N–H and O–H groups in total. The number of benzene rings is 2. The molecule has 2 atom stereocenters. The van der Waals surface area contributed by atoms with Gasteiger partial charge in [-0.2, -0.15) is 0 Å². The second kappa shape index (κ2) is 7.99. The minimum absolute atomic E-state index is 0.454. The zero-order valence-corrected chi connectivity index (χ0v) is 13.5. The summed E-state index contributed by atoms with van der Waals surface area (Å²) in [4.78, 5) is 0. The number of aryl methyl sites for hydroxylation is 1. The van der Waals surface area contributed by atoms with E-state index in [1.807, 2.05) is 0 Å². The van der Waals surface area contributed by atoms with Crippen LogP contribution in [-0.4, -0.2) is 6.04 Å². The average Bonchev–Trinajstić information content (AvgIpc) is 2.50. The van der Waals surface area contributed by atoms with Crippen LogP contribution in [0.4, 0.5) is 0 Å². The van der Waals surface area contributed by atoms with E-state index in [1.165, 1.54) is 29.5 Å². The molecular formula is C20H27N. The van der Waals surface area contributed by atoms with Crippen LogP contribution in [0.3, 0.4) is 0 Å². The van der Waals surface area contributed by atoms with Gasteiger partial charge in [-0.3, -0.25) is 0 Å². The summed E-state index contributed by atoms with van der Waals surface area (Å²) < 4.78 is 0. The van der Waals surface area contributed by atoms with Gasteiger partial charge in [-0.1, -0.05) is 67.9 Å². The summed E-state index contributed by atoms with van der Waals surface area (Å²) in [6, 6.07) is 20.4. The Morgan fingerprint density at radius 1 is 0.952 bits per heavy atom. The van der Waals surface area contributed by atoms with Crippen LogP contribution >= 0.6 is 0 Å². The zero-order valence-electron chi connectivity index (χ0n) is 13.5. The summed E-state index contributed by atoms with van der Waals surface area (Å²) in [7, 11) is 0. The van der Waals surface area contributed by atoms with Gasteiger partial charge in [-0.25, -0.2) is 0 Å². The van der Waals surface area contributed by atoms with E-state index in [1.54, 1.807) is 0 Å². The molecule has 112 valence electrons. The van der Waals surface area contributed by atoms with E-state index < -0.39 is 0 Å². The monoisotopic (exact) mass is 281 g/mol. The second-order valence-corrected chi connectivity index (χ2v) is 5.95. The van der Waals surface area contributed by atoms with Crippen LogP contribution < -0.4 is 5.32 Å². The summed E-state index contributed by atoms with van der Waals surface area (Å²) in [5.41, 5.74) is 4.23. The van der Waals surface area contributed by atoms with Gasteiger partial charge in [-0.15, -0.1) is 0 Å². The van der Waals surface area contributed by atoms with Crippen LogP contribution in [-0.2, 0) is 6.42 Å². The van der Waals surface area contributed by atoms with Crippen molar-refractivity contribution in [3.8, 4) is 0 Å². The Balaban J connectivity index is 2.02. The van der Waals surface area contributed by atoms with E-state index in [0.29, 0.717) is 12.1 Å². The Hall–Kier alpha value is -1.60. The van der Waals surface area contributed by atoms with Crippen LogP contribution in [0, 0.1) is 6.92 Å². The van der Waals surface area contributed by atoms with Crippen LogP contribution in [0.15, 0.2) is 54.6 Å². The molecule has 0 amide bonds. The molecule has 2 aromatic carbocycles. The molecule has 0 heterocycles. The lowest BCUT2D eigenvalue weighted by molar-refractivity contribution is 0.428. The van der Waals surface area contributed by atoms with Crippen molar-refractivity contribution in [1.82, 2.24) is 5.32 Å². The number of nitrogens with one attached hydrogen (secondary N) is 1. The van der Waals surface area contributed by atoms with Gasteiger partial charge in [0.2, 0.25) is 0 Å². The van der Waals surface area contributed by atoms with E-state index in [4.69, 9.17) is 0 Å². The van der Waals surface area contributed by atoms with Crippen LogP contribution in [0.25, 0.3) is 0 Å². The fraction of sp³-hybridized carbons (Fsp3) is 0.400. The SMILES string of the molecule is CCCC(NC(C)Cc1ccccc1C)c1ccccc1. The first-order valence-corrected chi connectivity index (χ1v) is 8.06. The minimum Gasteiger partial charge on any atom is -0.307 e. The fourth-order valence-electron chi connectivity index (χ4n) is 2.89. The quantitative estimate of drug-likeness (QED) is 0.748. The number of hydrogen-bond acceptors (Lipinski definition) is 1. The van der Waals surface area contributed by atoms with Crippen molar-refractivity contribution in [2.45, 2.75) is 52.1 Å². The third-order valence-electron chi connectivity index (χ3n) is 4.05. The molecule has 0 bridgehead atoms. The molecule has 0 fully saturated rings. The van der Waals surface area contributed by atoms with E-state index in [2.05, 4.69) is 80.7 Å². The first kappa shape index (κ1) is 15.8. The lowest BCUT2D eigenvalue weighted by atomic mass is 9.98. The Labute approximate surface area is 129 Å². The van der Waals surface area contributed by atoms with Crippen LogP contribution in [0.5, 0.6) is 0 Å². The van der Waals surface area contributed by atoms with Crippen molar-refractivity contribution in [1.29, 1.82) is 0 Å². The summed E-state index contributed by atoms with van der Waals surface area (Å²) >= 11 is 0. The van der Waals surface area contributed by atoms with Gasteiger partial charge in [-0.05, 0) is 43.4 Å². The van der Waals surface area contributed by atoms with Crippen LogP contribution in [0.1, 0.15) is 49.4 Å². The third kappa shape index (κ3) is 4.71. The molecule has 0 saturated carbocycles. The van der Waals surface area contributed by atoms with Crippen molar-refractivity contribution in [3.63, 3.8) is 0 Å². The largest absolute Gasteiger partial charge is 0.307 e. The summed E-state index contributed by atoms with van der Waals surface area (Å²) in [6.45, 7) is 6.74. The van der Waals surface area contributed by atoms with Gasteiger partial charge in [0.1, 0.15) is 0 Å². The second-order valence-electron chi connectivity index (χ2n) is 5.95. The Morgan fingerprint density at radius 3 is 2.29 bits per heavy atom. The van der Waals surface area contributed by atoms with Gasteiger partial charge >= 0.3 is 0 Å². The first-order valence-electron chi connectivity index (χ1n) is 8.06. The lowest BCUT2D eigenvalue weighted by Crippen LogP contribution is -2.32. The predicted molar refractivity (Wildman–Crippen MR) is 91.6 cm³/mol. The van der Waals surface area contributed by atoms with E-state index >= 15 is 0 Å². The molecule has 2 aromatic rings. The van der Waals surface area contributed by atoms with Crippen molar-refractivity contribution in [2.75, 3.05) is 0 Å². The first-order chi connectivity index (χ1) is 10.2. The van der Waals surface area contributed by atoms with E-state index in [0.717, 1.165) is 6.42 Å².